The number of aromatic nitrogens is 3. The maximum atomic E-state index is 6.80. The predicted octanol–water partition coefficient (Wildman–Crippen LogP) is 6.60. The Hall–Kier alpha value is -3.65. The lowest BCUT2D eigenvalue weighted by Gasteiger charge is -2.42. The van der Waals surface area contributed by atoms with E-state index >= 15 is 0 Å². The molecule has 9 heteroatoms. The quantitative estimate of drug-likeness (QED) is 0.267. The van der Waals surface area contributed by atoms with E-state index in [1.165, 1.54) is 5.56 Å². The summed E-state index contributed by atoms with van der Waals surface area (Å²) in [6.07, 6.45) is 7.49. The Morgan fingerprint density at radius 2 is 1.81 bits per heavy atom. The fourth-order valence-electron chi connectivity index (χ4n) is 6.56. The molecule has 0 saturated carbocycles. The van der Waals surface area contributed by atoms with Gasteiger partial charge in [0, 0.05) is 43.0 Å². The zero-order valence-electron chi connectivity index (χ0n) is 23.3. The number of fused-ring (bicyclic) bond motifs is 2. The van der Waals surface area contributed by atoms with E-state index in [0.29, 0.717) is 34.9 Å². The fourth-order valence-corrected chi connectivity index (χ4v) is 6.96. The van der Waals surface area contributed by atoms with Crippen molar-refractivity contribution in [3.63, 3.8) is 0 Å². The van der Waals surface area contributed by atoms with E-state index < -0.39 is 0 Å². The number of methoxy groups -OCH3 is 1. The molecule has 7 rings (SSSR count). The van der Waals surface area contributed by atoms with Gasteiger partial charge in [0.2, 0.25) is 11.8 Å². The van der Waals surface area contributed by atoms with Crippen molar-refractivity contribution in [2.75, 3.05) is 25.1 Å². The van der Waals surface area contributed by atoms with Gasteiger partial charge in [0.1, 0.15) is 12.4 Å². The van der Waals surface area contributed by atoms with Crippen molar-refractivity contribution in [1.82, 2.24) is 15.0 Å². The van der Waals surface area contributed by atoms with Gasteiger partial charge < -0.3 is 20.1 Å². The fraction of sp³-hybridized carbons (Fsp3) is 0.303. The molecule has 3 heterocycles. The van der Waals surface area contributed by atoms with E-state index in [1.54, 1.807) is 13.2 Å². The first kappa shape index (κ1) is 27.2. The molecule has 2 N–H and O–H groups in total. The summed E-state index contributed by atoms with van der Waals surface area (Å²) < 4.78 is 11.8. The normalized spacial score (nSPS) is 18.5. The van der Waals surface area contributed by atoms with Gasteiger partial charge in [-0.2, -0.15) is 4.98 Å². The van der Waals surface area contributed by atoms with Crippen LogP contribution in [0.4, 0.5) is 5.95 Å². The van der Waals surface area contributed by atoms with Gasteiger partial charge in [-0.25, -0.2) is 4.98 Å². The second-order valence-corrected chi connectivity index (χ2v) is 12.0. The van der Waals surface area contributed by atoms with E-state index in [-0.39, 0.29) is 11.5 Å². The van der Waals surface area contributed by atoms with Crippen LogP contribution < -0.4 is 20.1 Å². The van der Waals surface area contributed by atoms with Crippen LogP contribution in [0.2, 0.25) is 10.0 Å². The maximum absolute atomic E-state index is 6.80. The summed E-state index contributed by atoms with van der Waals surface area (Å²) in [5.74, 6) is 2.02. The van der Waals surface area contributed by atoms with Crippen LogP contribution in [0.3, 0.4) is 0 Å². The molecule has 1 saturated heterocycles. The molecular weight excluding hydrogens is 569 g/mol. The van der Waals surface area contributed by atoms with E-state index in [4.69, 9.17) is 48.4 Å². The zero-order chi connectivity index (χ0) is 28.8. The van der Waals surface area contributed by atoms with Gasteiger partial charge in [0.15, 0.2) is 0 Å². The number of allylic oxidation sites excluding steroid dienone is 1. The standard InChI is InChI=1S/C33H31Cl2N5O2/c1-41-21-9-7-20(8-10-21)19-42-31-28-22(23-4-2-6-25(34)29(23)35)11-12-26(28)38-32(39-31)40-16-13-33(14-17-40)18-27-24(30(33)36)5-3-15-37-27/h2-11,15,30H,12-14,16-19,36H2,1H3/t30-/m1/s1. The van der Waals surface area contributed by atoms with Crippen molar-refractivity contribution in [3.8, 4) is 11.6 Å². The van der Waals surface area contributed by atoms with E-state index in [9.17, 15) is 0 Å². The van der Waals surface area contributed by atoms with Crippen LogP contribution in [-0.2, 0) is 19.4 Å². The highest BCUT2D eigenvalue weighted by Gasteiger charge is 2.47. The number of anilines is 1. The van der Waals surface area contributed by atoms with Gasteiger partial charge in [-0.05, 0) is 65.6 Å². The summed E-state index contributed by atoms with van der Waals surface area (Å²) in [6.45, 7) is 1.99. The molecule has 1 aliphatic heterocycles. The second kappa shape index (κ2) is 10.9. The largest absolute Gasteiger partial charge is 0.497 e. The minimum absolute atomic E-state index is 0.00174. The van der Waals surface area contributed by atoms with Crippen LogP contribution in [0, 0.1) is 5.41 Å². The predicted molar refractivity (Wildman–Crippen MR) is 165 cm³/mol. The van der Waals surface area contributed by atoms with Gasteiger partial charge >= 0.3 is 0 Å². The third kappa shape index (κ3) is 4.70. The highest BCUT2D eigenvalue weighted by Crippen LogP contribution is 2.50. The van der Waals surface area contributed by atoms with Crippen LogP contribution >= 0.6 is 23.2 Å². The summed E-state index contributed by atoms with van der Waals surface area (Å²) in [6, 6.07) is 17.6. The summed E-state index contributed by atoms with van der Waals surface area (Å²) >= 11 is 13.1. The third-order valence-electron chi connectivity index (χ3n) is 8.97. The SMILES string of the molecule is COc1ccc(COc2nc(N3CCC4(CC3)Cc3ncccc3[C@H]4N)nc3c2C(c2cccc(Cl)c2Cl)=CC3)cc1. The zero-order valence-corrected chi connectivity index (χ0v) is 24.8. The molecule has 4 aromatic rings. The average Bonchev–Trinajstić information content (AvgIpc) is 3.57. The van der Waals surface area contributed by atoms with Gasteiger partial charge in [0.05, 0.1) is 28.4 Å². The van der Waals surface area contributed by atoms with Crippen molar-refractivity contribution in [1.29, 1.82) is 0 Å². The Kier molecular flexibility index (Phi) is 7.05. The van der Waals surface area contributed by atoms with Crippen LogP contribution in [0.25, 0.3) is 5.57 Å². The van der Waals surface area contributed by atoms with Crippen molar-refractivity contribution in [2.24, 2.45) is 11.1 Å². The molecule has 2 aliphatic carbocycles. The van der Waals surface area contributed by atoms with E-state index in [1.807, 2.05) is 48.7 Å². The number of rotatable bonds is 6. The molecule has 0 unspecified atom stereocenters. The van der Waals surface area contributed by atoms with Crippen LogP contribution in [0.1, 0.15) is 52.5 Å². The molecule has 7 nitrogen and oxygen atoms in total. The third-order valence-corrected chi connectivity index (χ3v) is 9.78. The number of nitrogens with zero attached hydrogens (tertiary/aromatic N) is 4. The molecule has 1 spiro atoms. The van der Waals surface area contributed by atoms with Crippen LogP contribution in [0.15, 0.2) is 66.9 Å². The van der Waals surface area contributed by atoms with Crippen molar-refractivity contribution in [3.05, 3.63) is 111 Å². The number of hydrogen-bond donors (Lipinski definition) is 1. The molecule has 2 aromatic carbocycles. The van der Waals surface area contributed by atoms with E-state index in [0.717, 1.165) is 71.8 Å². The first-order valence-electron chi connectivity index (χ1n) is 14.2. The number of hydrogen-bond acceptors (Lipinski definition) is 7. The van der Waals surface area contributed by atoms with Crippen molar-refractivity contribution >= 4 is 34.7 Å². The highest BCUT2D eigenvalue weighted by atomic mass is 35.5. The smallest absolute Gasteiger partial charge is 0.228 e. The average molecular weight is 601 g/mol. The molecule has 3 aliphatic rings. The Balaban J connectivity index is 1.19. The Bertz CT molecular complexity index is 1680. The topological polar surface area (TPSA) is 86.4 Å². The van der Waals surface area contributed by atoms with Crippen LogP contribution in [0.5, 0.6) is 11.6 Å². The molecule has 1 atom stereocenters. The Morgan fingerprint density at radius 1 is 1.00 bits per heavy atom. The minimum Gasteiger partial charge on any atom is -0.497 e. The first-order valence-corrected chi connectivity index (χ1v) is 15.0. The lowest BCUT2D eigenvalue weighted by molar-refractivity contribution is 0.186. The van der Waals surface area contributed by atoms with E-state index in [2.05, 4.69) is 22.0 Å². The molecule has 0 amide bonds. The number of benzene rings is 2. The highest BCUT2D eigenvalue weighted by molar-refractivity contribution is 6.43. The summed E-state index contributed by atoms with van der Waals surface area (Å²) in [5, 5.41) is 1.01. The van der Waals surface area contributed by atoms with Gasteiger partial charge in [-0.15, -0.1) is 0 Å². The number of pyridine rings is 1. The summed E-state index contributed by atoms with van der Waals surface area (Å²) in [7, 11) is 1.66. The molecule has 2 aromatic heterocycles. The lowest BCUT2D eigenvalue weighted by Crippen LogP contribution is -2.45. The second-order valence-electron chi connectivity index (χ2n) is 11.3. The monoisotopic (exact) mass is 599 g/mol. The van der Waals surface area contributed by atoms with Crippen LogP contribution in [-0.4, -0.2) is 35.2 Å². The van der Waals surface area contributed by atoms with Crippen molar-refractivity contribution in [2.45, 2.75) is 38.3 Å². The molecule has 1 fully saturated rings. The van der Waals surface area contributed by atoms with Crippen molar-refractivity contribution < 1.29 is 9.47 Å². The number of piperidine rings is 1. The number of nitrogens with two attached hydrogens (primary N) is 1. The molecule has 42 heavy (non-hydrogen) atoms. The molecule has 0 bridgehead atoms. The lowest BCUT2D eigenvalue weighted by atomic mass is 9.73. The van der Waals surface area contributed by atoms with Gasteiger partial charge in [-0.1, -0.05) is 59.6 Å². The molecule has 214 valence electrons. The van der Waals surface area contributed by atoms with Gasteiger partial charge in [0.25, 0.3) is 0 Å². The molecular formula is C33H31Cl2N5O2. The maximum Gasteiger partial charge on any atom is 0.228 e. The molecule has 0 radical (unpaired) electrons. The minimum atomic E-state index is 0.00174. The Labute approximate surface area is 255 Å². The number of halogens is 2. The first-order chi connectivity index (χ1) is 20.5. The van der Waals surface area contributed by atoms with Gasteiger partial charge in [-0.3, -0.25) is 4.98 Å². The Morgan fingerprint density at radius 3 is 2.57 bits per heavy atom. The summed E-state index contributed by atoms with van der Waals surface area (Å²) in [4.78, 5) is 17.0. The number of ether oxygens (including phenoxy) is 2. The summed E-state index contributed by atoms with van der Waals surface area (Å²) in [5.41, 5.74) is 13.7.